The van der Waals surface area contributed by atoms with Gasteiger partial charge in [0, 0.05) is 12.0 Å². The molecule has 0 spiro atoms. The van der Waals surface area contributed by atoms with Crippen LogP contribution in [0, 0.1) is 5.41 Å². The molecule has 110 valence electrons. The SMILES string of the molecule is CC(C)(C)C(=O)NCC(=O)NCCCc1ccccc1. The lowest BCUT2D eigenvalue weighted by Gasteiger charge is -2.17. The van der Waals surface area contributed by atoms with Gasteiger partial charge in [-0.1, -0.05) is 51.1 Å². The van der Waals surface area contributed by atoms with Gasteiger partial charge in [-0.3, -0.25) is 9.59 Å². The Kier molecular flexibility index (Phi) is 6.22. The molecule has 0 aliphatic heterocycles. The number of carbonyl (C=O) groups is 2. The molecule has 0 saturated carbocycles. The minimum absolute atomic E-state index is 0.0431. The second kappa shape index (κ2) is 7.68. The number of rotatable bonds is 6. The van der Waals surface area contributed by atoms with Gasteiger partial charge in [-0.2, -0.15) is 0 Å². The van der Waals surface area contributed by atoms with Crippen LogP contribution in [0.1, 0.15) is 32.8 Å². The van der Waals surface area contributed by atoms with E-state index >= 15 is 0 Å². The zero-order chi connectivity index (χ0) is 15.0. The summed E-state index contributed by atoms with van der Waals surface area (Å²) in [6, 6.07) is 10.2. The van der Waals surface area contributed by atoms with Gasteiger partial charge in [-0.25, -0.2) is 0 Å². The van der Waals surface area contributed by atoms with Crippen molar-refractivity contribution in [2.75, 3.05) is 13.1 Å². The average molecular weight is 276 g/mol. The van der Waals surface area contributed by atoms with E-state index in [-0.39, 0.29) is 18.4 Å². The van der Waals surface area contributed by atoms with Crippen LogP contribution in [-0.2, 0) is 16.0 Å². The van der Waals surface area contributed by atoms with E-state index in [4.69, 9.17) is 0 Å². The van der Waals surface area contributed by atoms with Crippen molar-refractivity contribution >= 4 is 11.8 Å². The number of hydrogen-bond acceptors (Lipinski definition) is 2. The summed E-state index contributed by atoms with van der Waals surface area (Å²) in [5.41, 5.74) is 0.802. The predicted octanol–water partition coefficient (Wildman–Crippen LogP) is 1.90. The lowest BCUT2D eigenvalue weighted by Crippen LogP contribution is -2.41. The van der Waals surface area contributed by atoms with Crippen molar-refractivity contribution in [1.29, 1.82) is 0 Å². The quantitative estimate of drug-likeness (QED) is 0.780. The summed E-state index contributed by atoms with van der Waals surface area (Å²) in [5.74, 6) is -0.257. The fourth-order valence-corrected chi connectivity index (χ4v) is 1.65. The Balaban J connectivity index is 2.13. The predicted molar refractivity (Wildman–Crippen MR) is 80.2 cm³/mol. The monoisotopic (exact) mass is 276 g/mol. The summed E-state index contributed by atoms with van der Waals surface area (Å²) in [4.78, 5) is 23.2. The van der Waals surface area contributed by atoms with E-state index in [1.54, 1.807) is 0 Å². The Morgan fingerprint density at radius 2 is 1.70 bits per heavy atom. The molecule has 0 atom stereocenters. The number of hydrogen-bond donors (Lipinski definition) is 2. The van der Waals surface area contributed by atoms with Crippen LogP contribution in [0.2, 0.25) is 0 Å². The van der Waals surface area contributed by atoms with Gasteiger partial charge in [-0.15, -0.1) is 0 Å². The number of amides is 2. The minimum Gasteiger partial charge on any atom is -0.355 e. The van der Waals surface area contributed by atoms with E-state index in [0.717, 1.165) is 12.8 Å². The molecular weight excluding hydrogens is 252 g/mol. The van der Waals surface area contributed by atoms with Crippen LogP contribution in [-0.4, -0.2) is 24.9 Å². The average Bonchev–Trinajstić information content (AvgIpc) is 2.41. The molecule has 0 aliphatic rings. The highest BCUT2D eigenvalue weighted by Gasteiger charge is 2.21. The van der Waals surface area contributed by atoms with Gasteiger partial charge in [0.1, 0.15) is 0 Å². The Bertz CT molecular complexity index is 436. The fourth-order valence-electron chi connectivity index (χ4n) is 1.65. The summed E-state index contributed by atoms with van der Waals surface area (Å²) in [6.07, 6.45) is 1.83. The van der Waals surface area contributed by atoms with Crippen LogP contribution in [0.5, 0.6) is 0 Å². The normalized spacial score (nSPS) is 10.9. The summed E-state index contributed by atoms with van der Waals surface area (Å²) in [6.45, 7) is 6.13. The lowest BCUT2D eigenvalue weighted by atomic mass is 9.96. The molecule has 0 saturated heterocycles. The highest BCUT2D eigenvalue weighted by molar-refractivity contribution is 5.87. The highest BCUT2D eigenvalue weighted by Crippen LogP contribution is 2.11. The van der Waals surface area contributed by atoms with Gasteiger partial charge in [0.2, 0.25) is 11.8 Å². The maximum Gasteiger partial charge on any atom is 0.239 e. The number of benzene rings is 1. The fraction of sp³-hybridized carbons (Fsp3) is 0.500. The molecule has 0 aromatic heterocycles. The second-order valence-corrected chi connectivity index (χ2v) is 5.87. The van der Waals surface area contributed by atoms with Gasteiger partial charge in [0.15, 0.2) is 0 Å². The molecule has 2 N–H and O–H groups in total. The molecule has 0 radical (unpaired) electrons. The molecule has 1 rings (SSSR count). The summed E-state index contributed by atoms with van der Waals surface area (Å²) in [5, 5.41) is 5.44. The van der Waals surface area contributed by atoms with Crippen LogP contribution in [0.25, 0.3) is 0 Å². The van der Waals surface area contributed by atoms with Crippen molar-refractivity contribution in [3.63, 3.8) is 0 Å². The van der Waals surface area contributed by atoms with Crippen LogP contribution >= 0.6 is 0 Å². The number of carbonyl (C=O) groups excluding carboxylic acids is 2. The third-order valence-electron chi connectivity index (χ3n) is 2.90. The van der Waals surface area contributed by atoms with Crippen LogP contribution in [0.3, 0.4) is 0 Å². The molecule has 4 heteroatoms. The summed E-state index contributed by atoms with van der Waals surface area (Å²) in [7, 11) is 0. The molecule has 1 aromatic rings. The Labute approximate surface area is 121 Å². The molecule has 1 aromatic carbocycles. The molecule has 0 bridgehead atoms. The molecular formula is C16H24N2O2. The maximum atomic E-state index is 11.6. The first kappa shape index (κ1) is 16.2. The van der Waals surface area contributed by atoms with Crippen molar-refractivity contribution in [3.05, 3.63) is 35.9 Å². The minimum atomic E-state index is -0.465. The first-order valence-electron chi connectivity index (χ1n) is 6.98. The van der Waals surface area contributed by atoms with Gasteiger partial charge >= 0.3 is 0 Å². The van der Waals surface area contributed by atoms with E-state index in [2.05, 4.69) is 22.8 Å². The van der Waals surface area contributed by atoms with E-state index in [0.29, 0.717) is 6.54 Å². The third kappa shape index (κ3) is 6.36. The Morgan fingerprint density at radius 3 is 2.30 bits per heavy atom. The van der Waals surface area contributed by atoms with Crippen LogP contribution in [0.4, 0.5) is 0 Å². The van der Waals surface area contributed by atoms with E-state index in [1.165, 1.54) is 5.56 Å². The van der Waals surface area contributed by atoms with E-state index in [1.807, 2.05) is 39.0 Å². The Morgan fingerprint density at radius 1 is 1.05 bits per heavy atom. The summed E-state index contributed by atoms with van der Waals surface area (Å²) >= 11 is 0. The van der Waals surface area contributed by atoms with Crippen molar-refractivity contribution in [2.45, 2.75) is 33.6 Å². The first-order valence-corrected chi connectivity index (χ1v) is 6.98. The molecule has 0 aliphatic carbocycles. The largest absolute Gasteiger partial charge is 0.355 e. The van der Waals surface area contributed by atoms with E-state index < -0.39 is 5.41 Å². The van der Waals surface area contributed by atoms with Gasteiger partial charge in [0.05, 0.1) is 6.54 Å². The molecule has 0 unspecified atom stereocenters. The lowest BCUT2D eigenvalue weighted by molar-refractivity contribution is -0.131. The molecule has 4 nitrogen and oxygen atoms in total. The van der Waals surface area contributed by atoms with Crippen LogP contribution in [0.15, 0.2) is 30.3 Å². The Hall–Kier alpha value is -1.84. The molecule has 20 heavy (non-hydrogen) atoms. The first-order chi connectivity index (χ1) is 9.39. The molecule has 0 fully saturated rings. The van der Waals surface area contributed by atoms with Crippen molar-refractivity contribution in [1.82, 2.24) is 10.6 Å². The second-order valence-electron chi connectivity index (χ2n) is 5.87. The summed E-state index contributed by atoms with van der Waals surface area (Å²) < 4.78 is 0. The highest BCUT2D eigenvalue weighted by atomic mass is 16.2. The van der Waals surface area contributed by atoms with Gasteiger partial charge in [0.25, 0.3) is 0 Å². The van der Waals surface area contributed by atoms with Crippen molar-refractivity contribution in [2.24, 2.45) is 5.41 Å². The topological polar surface area (TPSA) is 58.2 Å². The van der Waals surface area contributed by atoms with Gasteiger partial charge < -0.3 is 10.6 Å². The van der Waals surface area contributed by atoms with Crippen LogP contribution < -0.4 is 10.6 Å². The third-order valence-corrected chi connectivity index (χ3v) is 2.90. The van der Waals surface area contributed by atoms with E-state index in [9.17, 15) is 9.59 Å². The number of aryl methyl sites for hydroxylation is 1. The van der Waals surface area contributed by atoms with Crippen molar-refractivity contribution in [3.8, 4) is 0 Å². The zero-order valence-electron chi connectivity index (χ0n) is 12.5. The van der Waals surface area contributed by atoms with Gasteiger partial charge in [-0.05, 0) is 18.4 Å². The standard InChI is InChI=1S/C16H24N2O2/c1-16(2,3)15(20)18-12-14(19)17-11-7-10-13-8-5-4-6-9-13/h4-6,8-9H,7,10-12H2,1-3H3,(H,17,19)(H,18,20). The number of nitrogens with one attached hydrogen (secondary N) is 2. The zero-order valence-corrected chi connectivity index (χ0v) is 12.5. The maximum absolute atomic E-state index is 11.6. The molecule has 0 heterocycles. The molecule has 2 amide bonds. The smallest absolute Gasteiger partial charge is 0.239 e. The van der Waals surface area contributed by atoms with Crippen molar-refractivity contribution < 1.29 is 9.59 Å².